The van der Waals surface area contributed by atoms with Crippen molar-refractivity contribution < 1.29 is 9.53 Å². The van der Waals surface area contributed by atoms with Crippen LogP contribution in [0.4, 0.5) is 4.79 Å². The molecule has 0 aliphatic heterocycles. The third-order valence-corrected chi connectivity index (χ3v) is 6.07. The smallest absolute Gasteiger partial charge is 0.315 e. The van der Waals surface area contributed by atoms with Crippen LogP contribution in [0.3, 0.4) is 0 Å². The summed E-state index contributed by atoms with van der Waals surface area (Å²) in [6, 6.07) is 13.4. The van der Waals surface area contributed by atoms with Gasteiger partial charge in [-0.3, -0.25) is 4.57 Å². The minimum absolute atomic E-state index is 0.221. The number of urea groups is 1. The van der Waals surface area contributed by atoms with Crippen LogP contribution >= 0.6 is 23.4 Å². The Morgan fingerprint density at radius 1 is 1.19 bits per heavy atom. The largest absolute Gasteiger partial charge is 0.497 e. The number of halogens is 1. The number of thioether (sulfide) groups is 1. The maximum absolute atomic E-state index is 12.1. The molecule has 0 unspecified atom stereocenters. The van der Waals surface area contributed by atoms with Crippen molar-refractivity contribution in [2.75, 3.05) is 13.7 Å². The molecule has 0 aliphatic carbocycles. The Hall–Kier alpha value is -2.71. The van der Waals surface area contributed by atoms with E-state index in [1.807, 2.05) is 54.0 Å². The van der Waals surface area contributed by atoms with Gasteiger partial charge in [-0.15, -0.1) is 10.2 Å². The van der Waals surface area contributed by atoms with Gasteiger partial charge in [0.05, 0.1) is 19.3 Å². The summed E-state index contributed by atoms with van der Waals surface area (Å²) in [6.07, 6.45) is 1.97. The maximum atomic E-state index is 12.1. The lowest BCUT2D eigenvalue weighted by atomic mass is 10.2. The van der Waals surface area contributed by atoms with Crippen LogP contribution in [0.1, 0.15) is 36.7 Å². The number of aromatic nitrogens is 3. The Kier molecular flexibility index (Phi) is 8.81. The van der Waals surface area contributed by atoms with Crippen LogP contribution in [0.2, 0.25) is 5.02 Å². The maximum Gasteiger partial charge on any atom is 0.315 e. The average Bonchev–Trinajstić information content (AvgIpc) is 3.20. The lowest BCUT2D eigenvalue weighted by Gasteiger charge is -2.14. The second kappa shape index (κ2) is 11.8. The van der Waals surface area contributed by atoms with Crippen molar-refractivity contribution in [3.8, 4) is 11.4 Å². The fourth-order valence-electron chi connectivity index (χ4n) is 3.08. The highest BCUT2D eigenvalue weighted by Gasteiger charge is 2.17. The number of hydrogen-bond donors (Lipinski definition) is 2. The van der Waals surface area contributed by atoms with Gasteiger partial charge in [-0.25, -0.2) is 4.79 Å². The summed E-state index contributed by atoms with van der Waals surface area (Å²) in [5, 5.41) is 15.8. The first-order valence-electron chi connectivity index (χ1n) is 10.5. The third kappa shape index (κ3) is 6.40. The van der Waals surface area contributed by atoms with E-state index in [0.29, 0.717) is 23.1 Å². The molecule has 9 heteroatoms. The zero-order valence-electron chi connectivity index (χ0n) is 18.5. The van der Waals surface area contributed by atoms with E-state index in [-0.39, 0.29) is 12.6 Å². The Morgan fingerprint density at radius 2 is 2.03 bits per heavy atom. The van der Waals surface area contributed by atoms with Crippen molar-refractivity contribution in [2.45, 2.75) is 44.1 Å². The van der Waals surface area contributed by atoms with Gasteiger partial charge in [-0.05, 0) is 48.7 Å². The van der Waals surface area contributed by atoms with E-state index in [1.165, 1.54) is 0 Å². The molecular formula is C23H28ClN5O2S. The van der Waals surface area contributed by atoms with Gasteiger partial charge in [0.25, 0.3) is 0 Å². The summed E-state index contributed by atoms with van der Waals surface area (Å²) in [6.45, 7) is 4.98. The number of amides is 2. The molecule has 3 rings (SSSR count). The molecule has 170 valence electrons. The molecule has 0 aliphatic rings. The summed E-state index contributed by atoms with van der Waals surface area (Å²) in [5.41, 5.74) is 3.03. The molecule has 0 atom stereocenters. The topological polar surface area (TPSA) is 81.1 Å². The SMILES string of the molecule is CCCCNC(=O)NCc1nnc(SCc2cccc(OC)c2)n1-c1cc(Cl)ccc1C. The van der Waals surface area contributed by atoms with E-state index in [2.05, 4.69) is 27.8 Å². The Morgan fingerprint density at radius 3 is 2.81 bits per heavy atom. The summed E-state index contributed by atoms with van der Waals surface area (Å²) in [4.78, 5) is 12.1. The predicted octanol–water partition coefficient (Wildman–Crippen LogP) is 5.13. The Bertz CT molecular complexity index is 1060. The first kappa shape index (κ1) is 23.9. The van der Waals surface area contributed by atoms with E-state index in [9.17, 15) is 4.79 Å². The molecule has 1 aromatic heterocycles. The molecule has 2 aromatic carbocycles. The number of carbonyl (C=O) groups excluding carboxylic acids is 1. The van der Waals surface area contributed by atoms with Gasteiger partial charge in [0.2, 0.25) is 0 Å². The number of methoxy groups -OCH3 is 1. The number of rotatable bonds is 10. The summed E-state index contributed by atoms with van der Waals surface area (Å²) in [7, 11) is 1.66. The molecule has 2 amide bonds. The lowest BCUT2D eigenvalue weighted by Crippen LogP contribution is -2.36. The summed E-state index contributed by atoms with van der Waals surface area (Å²) < 4.78 is 7.28. The average molecular weight is 474 g/mol. The minimum atomic E-state index is -0.221. The molecule has 0 fully saturated rings. The van der Waals surface area contributed by atoms with Gasteiger partial charge in [-0.1, -0.05) is 54.9 Å². The number of nitrogens with one attached hydrogen (secondary N) is 2. The molecule has 32 heavy (non-hydrogen) atoms. The number of nitrogens with zero attached hydrogens (tertiary/aromatic N) is 3. The highest BCUT2D eigenvalue weighted by molar-refractivity contribution is 7.98. The van der Waals surface area contributed by atoms with Gasteiger partial charge in [-0.2, -0.15) is 0 Å². The number of aryl methyl sites for hydroxylation is 1. The number of ether oxygens (including phenoxy) is 1. The van der Waals surface area contributed by atoms with Crippen LogP contribution in [-0.2, 0) is 12.3 Å². The van der Waals surface area contributed by atoms with Crippen molar-refractivity contribution in [1.82, 2.24) is 25.4 Å². The first-order valence-corrected chi connectivity index (χ1v) is 11.9. The Balaban J connectivity index is 1.83. The molecule has 0 saturated heterocycles. The molecule has 3 aromatic rings. The molecule has 7 nitrogen and oxygen atoms in total. The fraction of sp³-hybridized carbons (Fsp3) is 0.348. The van der Waals surface area contributed by atoms with Gasteiger partial charge < -0.3 is 15.4 Å². The molecule has 0 saturated carbocycles. The second-order valence-corrected chi connectivity index (χ2v) is 8.65. The highest BCUT2D eigenvalue weighted by Crippen LogP contribution is 2.29. The van der Waals surface area contributed by atoms with Gasteiger partial charge >= 0.3 is 6.03 Å². The van der Waals surface area contributed by atoms with E-state index >= 15 is 0 Å². The zero-order chi connectivity index (χ0) is 22.9. The van der Waals surface area contributed by atoms with Crippen LogP contribution in [0.15, 0.2) is 47.6 Å². The van der Waals surface area contributed by atoms with Crippen LogP contribution in [0, 0.1) is 6.92 Å². The van der Waals surface area contributed by atoms with Gasteiger partial charge in [0.1, 0.15) is 5.75 Å². The van der Waals surface area contributed by atoms with E-state index in [1.54, 1.807) is 18.9 Å². The predicted molar refractivity (Wildman–Crippen MR) is 129 cm³/mol. The minimum Gasteiger partial charge on any atom is -0.497 e. The number of hydrogen-bond acceptors (Lipinski definition) is 5. The number of benzene rings is 2. The fourth-order valence-corrected chi connectivity index (χ4v) is 4.16. The molecular weight excluding hydrogens is 446 g/mol. The van der Waals surface area contributed by atoms with Gasteiger partial charge in [0.15, 0.2) is 11.0 Å². The van der Waals surface area contributed by atoms with Crippen molar-refractivity contribution in [3.05, 3.63) is 64.4 Å². The molecule has 0 radical (unpaired) electrons. The molecule has 1 heterocycles. The molecule has 2 N–H and O–H groups in total. The summed E-state index contributed by atoms with van der Waals surface area (Å²) >= 11 is 7.85. The number of unbranched alkanes of at least 4 members (excludes halogenated alkanes) is 1. The standard InChI is InChI=1S/C23H28ClN5O2S/c1-4-5-11-25-22(30)26-14-21-27-28-23(29(21)20-13-18(24)10-9-16(20)2)32-15-17-7-6-8-19(12-17)31-3/h6-10,12-13H,4-5,11,14-15H2,1-3H3,(H2,25,26,30). The summed E-state index contributed by atoms with van der Waals surface area (Å²) in [5.74, 6) is 2.14. The van der Waals surface area contributed by atoms with Crippen molar-refractivity contribution >= 4 is 29.4 Å². The number of carbonyl (C=O) groups is 1. The molecule has 0 bridgehead atoms. The van der Waals surface area contributed by atoms with Crippen LogP contribution in [0.25, 0.3) is 5.69 Å². The normalized spacial score (nSPS) is 10.8. The molecule has 0 spiro atoms. The lowest BCUT2D eigenvalue weighted by molar-refractivity contribution is 0.240. The third-order valence-electron chi connectivity index (χ3n) is 4.84. The van der Waals surface area contributed by atoms with Crippen LogP contribution in [-0.4, -0.2) is 34.5 Å². The van der Waals surface area contributed by atoms with Crippen LogP contribution in [0.5, 0.6) is 5.75 Å². The van der Waals surface area contributed by atoms with Crippen molar-refractivity contribution in [1.29, 1.82) is 0 Å². The van der Waals surface area contributed by atoms with E-state index in [0.717, 1.165) is 40.6 Å². The van der Waals surface area contributed by atoms with E-state index < -0.39 is 0 Å². The quantitative estimate of drug-likeness (QED) is 0.315. The second-order valence-electron chi connectivity index (χ2n) is 7.27. The highest BCUT2D eigenvalue weighted by atomic mass is 35.5. The van der Waals surface area contributed by atoms with Gasteiger partial charge in [0, 0.05) is 17.3 Å². The monoisotopic (exact) mass is 473 g/mol. The van der Waals surface area contributed by atoms with Crippen molar-refractivity contribution in [2.24, 2.45) is 0 Å². The first-order chi connectivity index (χ1) is 15.5. The zero-order valence-corrected chi connectivity index (χ0v) is 20.1. The van der Waals surface area contributed by atoms with Crippen LogP contribution < -0.4 is 15.4 Å². The van der Waals surface area contributed by atoms with Crippen molar-refractivity contribution in [3.63, 3.8) is 0 Å². The Labute approximate surface area is 197 Å². The van der Waals surface area contributed by atoms with E-state index in [4.69, 9.17) is 16.3 Å².